The molecule has 1 atom stereocenters. The molecule has 0 heterocycles. The van der Waals surface area contributed by atoms with Crippen molar-refractivity contribution in [2.75, 3.05) is 11.5 Å². The van der Waals surface area contributed by atoms with Gasteiger partial charge < -0.3 is 27.6 Å². The van der Waals surface area contributed by atoms with Gasteiger partial charge in [-0.1, -0.05) is 87.5 Å². The molecular formula is C34H34BrF6N2PS. The van der Waals surface area contributed by atoms with Crippen LogP contribution < -0.4 is 38.2 Å². The smallest absolute Gasteiger partial charge is 0.416 e. The highest BCUT2D eigenvalue weighted by Gasteiger charge is 2.47. The van der Waals surface area contributed by atoms with E-state index in [0.717, 1.165) is 11.7 Å². The Hall–Kier alpha value is -2.94. The molecule has 0 unspecified atom stereocenters. The Labute approximate surface area is 276 Å². The molecule has 0 radical (unpaired) electrons. The van der Waals surface area contributed by atoms with Gasteiger partial charge in [0.15, 0.2) is 5.11 Å². The first-order valence-electron chi connectivity index (χ1n) is 14.0. The molecule has 0 aromatic heterocycles. The Morgan fingerprint density at radius 2 is 1.11 bits per heavy atom. The highest BCUT2D eigenvalue weighted by atomic mass is 79.9. The Kier molecular flexibility index (Phi) is 11.9. The zero-order chi connectivity index (χ0) is 32.2. The van der Waals surface area contributed by atoms with Gasteiger partial charge in [0.05, 0.1) is 47.4 Å². The zero-order valence-corrected chi connectivity index (χ0v) is 28.2. The van der Waals surface area contributed by atoms with E-state index in [1.165, 1.54) is 10.6 Å². The van der Waals surface area contributed by atoms with E-state index in [1.54, 1.807) is 0 Å². The van der Waals surface area contributed by atoms with E-state index >= 15 is 0 Å². The van der Waals surface area contributed by atoms with Crippen molar-refractivity contribution >= 4 is 40.9 Å². The molecule has 0 saturated carbocycles. The van der Waals surface area contributed by atoms with Crippen LogP contribution >= 0.6 is 19.5 Å². The molecular weight excluding hydrogens is 693 g/mol. The summed E-state index contributed by atoms with van der Waals surface area (Å²) in [5, 5.41) is 8.20. The molecule has 2 N–H and O–H groups in total. The van der Waals surface area contributed by atoms with Gasteiger partial charge in [0, 0.05) is 5.69 Å². The number of halogens is 7. The number of alkyl halides is 6. The number of nitrogens with one attached hydrogen (secondary N) is 2. The Bertz CT molecular complexity index is 1470. The number of rotatable bonds is 8. The normalized spacial score (nSPS) is 13.0. The largest absolute Gasteiger partial charge is 1.00 e. The average Bonchev–Trinajstić information content (AvgIpc) is 2.96. The van der Waals surface area contributed by atoms with E-state index in [4.69, 9.17) is 12.2 Å². The van der Waals surface area contributed by atoms with E-state index < -0.39 is 41.8 Å². The lowest BCUT2D eigenvalue weighted by molar-refractivity contribution is -0.143. The van der Waals surface area contributed by atoms with Crippen LogP contribution in [0.15, 0.2) is 109 Å². The third kappa shape index (κ3) is 9.53. The summed E-state index contributed by atoms with van der Waals surface area (Å²) in [7, 11) is -2.22. The summed E-state index contributed by atoms with van der Waals surface area (Å²) in [5.41, 5.74) is -2.46. The molecule has 2 nitrogen and oxygen atoms in total. The molecule has 0 aliphatic carbocycles. The van der Waals surface area contributed by atoms with Crippen LogP contribution in [0.4, 0.5) is 32.0 Å². The summed E-state index contributed by atoms with van der Waals surface area (Å²) in [6.07, 6.45) is -8.56. The molecule has 11 heteroatoms. The zero-order valence-electron chi connectivity index (χ0n) is 24.9. The van der Waals surface area contributed by atoms with Crippen molar-refractivity contribution in [1.29, 1.82) is 0 Å². The van der Waals surface area contributed by atoms with Crippen molar-refractivity contribution in [1.82, 2.24) is 5.32 Å². The summed E-state index contributed by atoms with van der Waals surface area (Å²) >= 11 is 5.53. The van der Waals surface area contributed by atoms with E-state index in [2.05, 4.69) is 47.0 Å². The quantitative estimate of drug-likeness (QED) is 0.127. The highest BCUT2D eigenvalue weighted by Crippen LogP contribution is 2.60. The third-order valence-electron chi connectivity index (χ3n) is 7.49. The maximum absolute atomic E-state index is 13.5. The number of anilines is 1. The van der Waals surface area contributed by atoms with Crippen LogP contribution in [-0.2, 0) is 18.5 Å². The van der Waals surface area contributed by atoms with Gasteiger partial charge in [0.2, 0.25) is 0 Å². The van der Waals surface area contributed by atoms with Crippen LogP contribution in [0.25, 0.3) is 0 Å². The van der Waals surface area contributed by atoms with Gasteiger partial charge in [-0.05, 0) is 65.7 Å². The third-order valence-corrected chi connectivity index (χ3v) is 12.2. The van der Waals surface area contributed by atoms with Crippen LogP contribution in [-0.4, -0.2) is 17.3 Å². The van der Waals surface area contributed by atoms with Crippen molar-refractivity contribution in [3.63, 3.8) is 0 Å². The van der Waals surface area contributed by atoms with Crippen LogP contribution in [0.1, 0.15) is 37.5 Å². The lowest BCUT2D eigenvalue weighted by Crippen LogP contribution is -3.00. The van der Waals surface area contributed by atoms with Gasteiger partial charge in [-0.3, -0.25) is 0 Å². The minimum Gasteiger partial charge on any atom is -1.00 e. The SMILES string of the molecule is CC(C)(C)[C@@H](C[P+](Cc1ccccc1)(c1ccccc1)c1ccccc1)NC(=S)Nc1cc(C(F)(F)F)cc(C(F)(F)F)c1.[Br-]. The molecule has 0 aliphatic heterocycles. The van der Waals surface area contributed by atoms with Gasteiger partial charge in [0.25, 0.3) is 0 Å². The topological polar surface area (TPSA) is 24.1 Å². The standard InChI is InChI=1S/C34H33F6N2PS.BrH/c1-32(2,3)30(42-31(44)41-27-20-25(33(35,36)37)19-26(21-27)34(38,39)40)23-43(28-15-9-5-10-16-28,29-17-11-6-12-18-29)22-24-13-7-4-8-14-24;/h4-21,30H,22-23H2,1-3H3,(H-,41,42,44);1H/t30-;/m1./s1. The van der Waals surface area contributed by atoms with E-state index in [1.807, 2.05) is 75.4 Å². The number of hydrogen-bond acceptors (Lipinski definition) is 1. The monoisotopic (exact) mass is 726 g/mol. The summed E-state index contributed by atoms with van der Waals surface area (Å²) < 4.78 is 80.9. The number of hydrogen-bond donors (Lipinski definition) is 2. The number of benzene rings is 4. The molecule has 0 fully saturated rings. The first-order valence-corrected chi connectivity index (χ1v) is 16.5. The lowest BCUT2D eigenvalue weighted by Gasteiger charge is -2.38. The average molecular weight is 728 g/mol. The predicted molar refractivity (Wildman–Crippen MR) is 173 cm³/mol. The van der Waals surface area contributed by atoms with Crippen LogP contribution in [0.5, 0.6) is 0 Å². The first-order chi connectivity index (χ1) is 20.6. The Morgan fingerprint density at radius 3 is 1.51 bits per heavy atom. The second kappa shape index (κ2) is 14.7. The molecule has 4 aromatic rings. The summed E-state index contributed by atoms with van der Waals surface area (Å²) in [4.78, 5) is 0. The maximum Gasteiger partial charge on any atom is 0.416 e. The number of thiocarbonyl (C=S) groups is 1. The van der Waals surface area contributed by atoms with Gasteiger partial charge in [0.1, 0.15) is 0 Å². The second-order valence-electron chi connectivity index (χ2n) is 11.8. The maximum atomic E-state index is 13.5. The van der Waals surface area contributed by atoms with Crippen LogP contribution in [0.3, 0.4) is 0 Å². The summed E-state index contributed by atoms with van der Waals surface area (Å²) in [6.45, 7) is 6.10. The summed E-state index contributed by atoms with van der Waals surface area (Å²) in [5.74, 6) is 0. The fraction of sp³-hybridized carbons (Fsp3) is 0.265. The van der Waals surface area contributed by atoms with Gasteiger partial charge in [-0.2, -0.15) is 26.3 Å². The Morgan fingerprint density at radius 1 is 0.689 bits per heavy atom. The molecule has 0 saturated heterocycles. The van der Waals surface area contributed by atoms with Gasteiger partial charge >= 0.3 is 12.4 Å². The van der Waals surface area contributed by atoms with E-state index in [0.29, 0.717) is 18.3 Å². The van der Waals surface area contributed by atoms with Crippen molar-refractivity contribution < 1.29 is 43.3 Å². The molecule has 4 aromatic carbocycles. The fourth-order valence-corrected chi connectivity index (χ4v) is 10.2. The molecule has 0 amide bonds. The molecule has 45 heavy (non-hydrogen) atoms. The minimum absolute atomic E-state index is 0. The van der Waals surface area contributed by atoms with E-state index in [-0.39, 0.29) is 34.2 Å². The molecule has 0 bridgehead atoms. The van der Waals surface area contributed by atoms with Crippen LogP contribution in [0, 0.1) is 5.41 Å². The predicted octanol–water partition coefficient (Wildman–Crippen LogP) is 6.30. The molecule has 0 spiro atoms. The second-order valence-corrected chi connectivity index (χ2v) is 15.8. The fourth-order valence-electron chi connectivity index (χ4n) is 5.13. The highest BCUT2D eigenvalue weighted by molar-refractivity contribution is 7.88. The molecule has 240 valence electrons. The van der Waals surface area contributed by atoms with Crippen molar-refractivity contribution in [3.8, 4) is 0 Å². The van der Waals surface area contributed by atoms with Gasteiger partial charge in [-0.25, -0.2) is 0 Å². The Balaban J connectivity index is 0.00000552. The summed E-state index contributed by atoms with van der Waals surface area (Å²) in [6, 6.07) is 31.7. The molecule has 4 rings (SSSR count). The first kappa shape index (κ1) is 36.5. The van der Waals surface area contributed by atoms with E-state index in [9.17, 15) is 26.3 Å². The van der Waals surface area contributed by atoms with Crippen molar-refractivity contribution in [2.45, 2.75) is 45.3 Å². The lowest BCUT2D eigenvalue weighted by atomic mass is 9.88. The van der Waals surface area contributed by atoms with Crippen molar-refractivity contribution in [2.24, 2.45) is 5.41 Å². The van der Waals surface area contributed by atoms with Crippen LogP contribution in [0.2, 0.25) is 0 Å². The van der Waals surface area contributed by atoms with Gasteiger partial charge in [-0.15, -0.1) is 0 Å². The minimum atomic E-state index is -4.96. The molecule has 0 aliphatic rings. The van der Waals surface area contributed by atoms with Crippen molar-refractivity contribution in [3.05, 3.63) is 126 Å².